The molecule has 0 amide bonds. The largest absolute Gasteiger partial charge is 0.379 e. The van der Waals surface area contributed by atoms with Crippen LogP contribution < -0.4 is 10.0 Å². The van der Waals surface area contributed by atoms with Crippen molar-refractivity contribution in [3.8, 4) is 0 Å². The van der Waals surface area contributed by atoms with Crippen LogP contribution in [-0.4, -0.2) is 8.42 Å². The number of benzene rings is 2. The van der Waals surface area contributed by atoms with Crippen molar-refractivity contribution in [3.63, 3.8) is 0 Å². The Bertz CT molecular complexity index is 939. The van der Waals surface area contributed by atoms with Crippen LogP contribution >= 0.6 is 22.9 Å². The molecular formula is C18H17ClN2O2S2. The average Bonchev–Trinajstić information content (AvgIpc) is 3.05. The molecule has 0 aliphatic heterocycles. The summed E-state index contributed by atoms with van der Waals surface area (Å²) in [6, 6.07) is 20.5. The summed E-state index contributed by atoms with van der Waals surface area (Å²) in [5.74, 6) is 0. The van der Waals surface area contributed by atoms with E-state index in [2.05, 4.69) is 29.1 Å². The molecule has 0 bridgehead atoms. The summed E-state index contributed by atoms with van der Waals surface area (Å²) >= 11 is 6.83. The number of halogens is 1. The topological polar surface area (TPSA) is 58.2 Å². The Kier molecular flexibility index (Phi) is 5.32. The minimum atomic E-state index is -3.61. The zero-order chi connectivity index (χ0) is 17.9. The SMILES string of the molecule is CC(Nc1ccc(NS(=O)(=O)c2ccc(Cl)s2)cc1)c1ccccc1. The Morgan fingerprint density at radius 1 is 0.920 bits per heavy atom. The highest BCUT2D eigenvalue weighted by Gasteiger charge is 2.16. The number of sulfonamides is 1. The Balaban J connectivity index is 1.68. The van der Waals surface area contributed by atoms with Crippen LogP contribution in [0.1, 0.15) is 18.5 Å². The van der Waals surface area contributed by atoms with Gasteiger partial charge in [0, 0.05) is 17.4 Å². The van der Waals surface area contributed by atoms with Crippen molar-refractivity contribution in [1.29, 1.82) is 0 Å². The summed E-state index contributed by atoms with van der Waals surface area (Å²) in [7, 11) is -3.61. The first-order valence-electron chi connectivity index (χ1n) is 7.64. The second-order valence-electron chi connectivity index (χ2n) is 5.52. The smallest absolute Gasteiger partial charge is 0.271 e. The van der Waals surface area contributed by atoms with Crippen LogP contribution in [0.5, 0.6) is 0 Å². The number of nitrogens with one attached hydrogen (secondary N) is 2. The summed E-state index contributed by atoms with van der Waals surface area (Å²) in [6.45, 7) is 2.08. The zero-order valence-corrected chi connectivity index (χ0v) is 15.8. The van der Waals surface area contributed by atoms with Gasteiger partial charge in [0.15, 0.2) is 0 Å². The van der Waals surface area contributed by atoms with Crippen LogP contribution in [0, 0.1) is 0 Å². The van der Waals surface area contributed by atoms with Crippen molar-refractivity contribution in [2.45, 2.75) is 17.2 Å². The number of anilines is 2. The number of hydrogen-bond acceptors (Lipinski definition) is 4. The molecule has 0 saturated carbocycles. The van der Waals surface area contributed by atoms with Crippen molar-refractivity contribution in [2.24, 2.45) is 0 Å². The minimum absolute atomic E-state index is 0.150. The highest BCUT2D eigenvalue weighted by molar-refractivity contribution is 7.94. The van der Waals surface area contributed by atoms with Crippen molar-refractivity contribution < 1.29 is 8.42 Å². The normalized spacial score (nSPS) is 12.6. The monoisotopic (exact) mass is 392 g/mol. The standard InChI is InChI=1S/C18H17ClN2O2S2/c1-13(14-5-3-2-4-6-14)20-15-7-9-16(10-8-15)21-25(22,23)18-12-11-17(19)24-18/h2-13,20-21H,1H3. The number of rotatable bonds is 6. The van der Waals surface area contributed by atoms with Crippen molar-refractivity contribution >= 4 is 44.3 Å². The molecule has 2 N–H and O–H groups in total. The molecule has 0 aliphatic rings. The van der Waals surface area contributed by atoms with Gasteiger partial charge < -0.3 is 5.32 Å². The van der Waals surface area contributed by atoms with E-state index < -0.39 is 10.0 Å². The van der Waals surface area contributed by atoms with E-state index in [-0.39, 0.29) is 10.3 Å². The van der Waals surface area contributed by atoms with Gasteiger partial charge in [-0.3, -0.25) is 4.72 Å². The lowest BCUT2D eigenvalue weighted by atomic mass is 10.1. The van der Waals surface area contributed by atoms with Gasteiger partial charge in [0.2, 0.25) is 0 Å². The molecule has 0 spiro atoms. The number of hydrogen-bond donors (Lipinski definition) is 2. The lowest BCUT2D eigenvalue weighted by Gasteiger charge is -2.16. The van der Waals surface area contributed by atoms with E-state index in [4.69, 9.17) is 11.6 Å². The molecule has 7 heteroatoms. The van der Waals surface area contributed by atoms with Crippen molar-refractivity contribution in [2.75, 3.05) is 10.0 Å². The molecule has 130 valence electrons. The molecule has 0 aliphatic carbocycles. The molecule has 1 atom stereocenters. The molecule has 0 saturated heterocycles. The Labute approximate surface area is 156 Å². The average molecular weight is 393 g/mol. The Morgan fingerprint density at radius 3 is 2.16 bits per heavy atom. The zero-order valence-electron chi connectivity index (χ0n) is 13.4. The molecule has 0 fully saturated rings. The first-order valence-corrected chi connectivity index (χ1v) is 10.3. The van der Waals surface area contributed by atoms with Gasteiger partial charge in [-0.1, -0.05) is 41.9 Å². The van der Waals surface area contributed by atoms with Crippen molar-refractivity contribution in [1.82, 2.24) is 0 Å². The van der Waals surface area contributed by atoms with E-state index in [1.165, 1.54) is 11.6 Å². The molecule has 0 radical (unpaired) electrons. The van der Waals surface area contributed by atoms with Crippen LogP contribution in [0.3, 0.4) is 0 Å². The maximum absolute atomic E-state index is 12.3. The van der Waals surface area contributed by atoms with E-state index in [0.717, 1.165) is 17.0 Å². The van der Waals surface area contributed by atoms with E-state index >= 15 is 0 Å². The van der Waals surface area contributed by atoms with E-state index in [1.807, 2.05) is 30.3 Å². The van der Waals surface area contributed by atoms with Crippen LogP contribution in [0.25, 0.3) is 0 Å². The minimum Gasteiger partial charge on any atom is -0.379 e. The fourth-order valence-electron chi connectivity index (χ4n) is 2.36. The van der Waals surface area contributed by atoms with Gasteiger partial charge in [0.1, 0.15) is 4.21 Å². The van der Waals surface area contributed by atoms with E-state index in [9.17, 15) is 8.42 Å². The van der Waals surface area contributed by atoms with Gasteiger partial charge >= 0.3 is 0 Å². The van der Waals surface area contributed by atoms with Crippen LogP contribution in [0.2, 0.25) is 4.34 Å². The first kappa shape index (κ1) is 17.8. The van der Waals surface area contributed by atoms with Gasteiger partial charge in [-0.2, -0.15) is 0 Å². The second kappa shape index (κ2) is 7.47. The van der Waals surface area contributed by atoms with E-state index in [0.29, 0.717) is 10.0 Å². The van der Waals surface area contributed by atoms with Crippen molar-refractivity contribution in [3.05, 3.63) is 76.6 Å². The maximum atomic E-state index is 12.3. The molecule has 1 aromatic heterocycles. The van der Waals surface area contributed by atoms with Crippen LogP contribution in [-0.2, 0) is 10.0 Å². The number of thiophene rings is 1. The molecule has 4 nitrogen and oxygen atoms in total. The third-order valence-electron chi connectivity index (χ3n) is 3.63. The Hall–Kier alpha value is -2.02. The Morgan fingerprint density at radius 2 is 1.56 bits per heavy atom. The van der Waals surface area contributed by atoms with Crippen LogP contribution in [0.4, 0.5) is 11.4 Å². The predicted octanol–water partition coefficient (Wildman–Crippen LogP) is 5.38. The molecule has 1 heterocycles. The van der Waals surface area contributed by atoms with Gasteiger partial charge in [-0.25, -0.2) is 8.42 Å². The van der Waals surface area contributed by atoms with Crippen LogP contribution in [0.15, 0.2) is 70.9 Å². The first-order chi connectivity index (χ1) is 11.9. The summed E-state index contributed by atoms with van der Waals surface area (Å²) in [5.41, 5.74) is 2.60. The summed E-state index contributed by atoms with van der Waals surface area (Å²) in [5, 5.41) is 3.39. The summed E-state index contributed by atoms with van der Waals surface area (Å²) in [6.07, 6.45) is 0. The second-order valence-corrected chi connectivity index (χ2v) is 9.14. The van der Waals surface area contributed by atoms with Gasteiger partial charge in [-0.05, 0) is 48.9 Å². The lowest BCUT2D eigenvalue weighted by molar-refractivity contribution is 0.603. The molecule has 2 aromatic carbocycles. The lowest BCUT2D eigenvalue weighted by Crippen LogP contribution is -2.11. The molecular weight excluding hydrogens is 376 g/mol. The fourth-order valence-corrected chi connectivity index (χ4v) is 4.90. The van der Waals surface area contributed by atoms with E-state index in [1.54, 1.807) is 18.2 Å². The van der Waals surface area contributed by atoms with Gasteiger partial charge in [0.25, 0.3) is 10.0 Å². The summed E-state index contributed by atoms with van der Waals surface area (Å²) < 4.78 is 27.8. The molecule has 1 unspecified atom stereocenters. The molecule has 3 rings (SSSR count). The maximum Gasteiger partial charge on any atom is 0.271 e. The summed E-state index contributed by atoms with van der Waals surface area (Å²) in [4.78, 5) is 0. The highest BCUT2D eigenvalue weighted by Crippen LogP contribution is 2.28. The fraction of sp³-hybridized carbons (Fsp3) is 0.111. The van der Waals surface area contributed by atoms with Gasteiger partial charge in [0.05, 0.1) is 4.34 Å². The predicted molar refractivity (Wildman–Crippen MR) is 105 cm³/mol. The van der Waals surface area contributed by atoms with Gasteiger partial charge in [-0.15, -0.1) is 11.3 Å². The highest BCUT2D eigenvalue weighted by atomic mass is 35.5. The molecule has 3 aromatic rings. The third kappa shape index (κ3) is 4.54. The molecule has 25 heavy (non-hydrogen) atoms. The third-order valence-corrected chi connectivity index (χ3v) is 6.74. The quantitative estimate of drug-likeness (QED) is 0.592.